The average Bonchev–Trinajstić information content (AvgIpc) is 3.66. The molecule has 0 radical (unpaired) electrons. The van der Waals surface area contributed by atoms with Gasteiger partial charge in [0, 0.05) is 12.8 Å². The highest BCUT2D eigenvalue weighted by Crippen LogP contribution is 2.35. The number of carboxylic acid groups (broad SMARTS) is 1. The summed E-state index contributed by atoms with van der Waals surface area (Å²) in [7, 11) is 0. The van der Waals surface area contributed by atoms with Crippen LogP contribution in [0.25, 0.3) is 0 Å². The van der Waals surface area contributed by atoms with Crippen LogP contribution < -0.4 is 11.5 Å². The van der Waals surface area contributed by atoms with Gasteiger partial charge < -0.3 is 31.2 Å². The second kappa shape index (κ2) is 19.4. The summed E-state index contributed by atoms with van der Waals surface area (Å²) in [5, 5.41) is 18.5. The molecule has 2 fully saturated rings. The van der Waals surface area contributed by atoms with E-state index in [1.165, 1.54) is 93.7 Å². The fourth-order valence-corrected chi connectivity index (χ4v) is 6.16. The summed E-state index contributed by atoms with van der Waals surface area (Å²) in [5.41, 5.74) is 15.0. The van der Waals surface area contributed by atoms with E-state index < -0.39 is 17.0 Å². The quantitative estimate of drug-likeness (QED) is 0.126. The molecule has 2 aliphatic heterocycles. The number of rotatable bonds is 18. The van der Waals surface area contributed by atoms with Gasteiger partial charge in [0.05, 0.1) is 37.6 Å². The van der Waals surface area contributed by atoms with Crippen molar-refractivity contribution in [1.29, 1.82) is 0 Å². The number of carbonyl (C=O) groups is 1. The minimum Gasteiger partial charge on any atom is -0.480 e. The van der Waals surface area contributed by atoms with E-state index in [0.717, 1.165) is 18.4 Å². The highest BCUT2D eigenvalue weighted by atomic mass is 16.5. The second-order valence-electron chi connectivity index (χ2n) is 13.5. The molecule has 0 aromatic heterocycles. The molecule has 45 heavy (non-hydrogen) atoms. The number of aliphatic carboxylic acids is 1. The molecule has 7 heteroatoms. The molecule has 252 valence electrons. The van der Waals surface area contributed by atoms with Crippen molar-refractivity contribution in [1.82, 2.24) is 0 Å². The monoisotopic (exact) mass is 624 g/mol. The number of nitrogens with two attached hydrogens (primary N) is 2. The molecular formula is C38H60N2O5. The van der Waals surface area contributed by atoms with Crippen LogP contribution in [0.4, 0.5) is 0 Å². The van der Waals surface area contributed by atoms with E-state index in [0.29, 0.717) is 19.4 Å². The van der Waals surface area contributed by atoms with Crippen LogP contribution in [0.15, 0.2) is 48.5 Å². The first-order valence-electron chi connectivity index (χ1n) is 17.5. The molecule has 0 spiro atoms. The molecule has 2 heterocycles. The lowest BCUT2D eigenvalue weighted by molar-refractivity contribution is -0.143. The lowest BCUT2D eigenvalue weighted by Crippen LogP contribution is -2.48. The van der Waals surface area contributed by atoms with Crippen molar-refractivity contribution in [3.05, 3.63) is 70.8 Å². The van der Waals surface area contributed by atoms with Crippen LogP contribution >= 0.6 is 0 Å². The summed E-state index contributed by atoms with van der Waals surface area (Å²) in [5.74, 6) is -0.986. The maximum Gasteiger partial charge on any atom is 0.326 e. The zero-order valence-electron chi connectivity index (χ0n) is 28.0. The van der Waals surface area contributed by atoms with Crippen molar-refractivity contribution in [2.75, 3.05) is 19.8 Å². The largest absolute Gasteiger partial charge is 0.480 e. The van der Waals surface area contributed by atoms with Crippen LogP contribution in [-0.2, 0) is 27.1 Å². The van der Waals surface area contributed by atoms with E-state index in [9.17, 15) is 9.90 Å². The van der Waals surface area contributed by atoms with Crippen LogP contribution in [0.1, 0.15) is 138 Å². The maximum absolute atomic E-state index is 11.2. The van der Waals surface area contributed by atoms with Crippen molar-refractivity contribution in [2.45, 2.75) is 140 Å². The van der Waals surface area contributed by atoms with Crippen molar-refractivity contribution in [2.24, 2.45) is 11.5 Å². The highest BCUT2D eigenvalue weighted by molar-refractivity contribution is 5.79. The van der Waals surface area contributed by atoms with E-state index in [4.69, 9.17) is 26.0 Å². The Balaban J connectivity index is 0.000000246. The van der Waals surface area contributed by atoms with Gasteiger partial charge in [-0.3, -0.25) is 4.79 Å². The van der Waals surface area contributed by atoms with Gasteiger partial charge in [-0.15, -0.1) is 0 Å². The molecule has 2 saturated heterocycles. The predicted molar refractivity (Wildman–Crippen MR) is 182 cm³/mol. The van der Waals surface area contributed by atoms with Gasteiger partial charge in [0.2, 0.25) is 0 Å². The van der Waals surface area contributed by atoms with Crippen LogP contribution in [0.2, 0.25) is 0 Å². The summed E-state index contributed by atoms with van der Waals surface area (Å²) < 4.78 is 11.3. The summed E-state index contributed by atoms with van der Waals surface area (Å²) in [6, 6.07) is 17.1. The Labute approximate surface area is 272 Å². The van der Waals surface area contributed by atoms with Gasteiger partial charge in [-0.2, -0.15) is 0 Å². The Hall–Kier alpha value is -2.29. The third-order valence-corrected chi connectivity index (χ3v) is 9.34. The predicted octanol–water partition coefficient (Wildman–Crippen LogP) is 7.57. The molecule has 7 nitrogen and oxygen atoms in total. The maximum atomic E-state index is 11.2. The Morgan fingerprint density at radius 3 is 1.51 bits per heavy atom. The molecule has 2 aromatic rings. The van der Waals surface area contributed by atoms with Gasteiger partial charge in [0.25, 0.3) is 0 Å². The molecule has 4 rings (SSSR count). The van der Waals surface area contributed by atoms with Crippen molar-refractivity contribution < 1.29 is 24.5 Å². The third-order valence-electron chi connectivity index (χ3n) is 9.34. The molecule has 4 unspecified atom stereocenters. The molecule has 2 aliphatic rings. The fourth-order valence-electron chi connectivity index (χ4n) is 6.16. The molecule has 0 saturated carbocycles. The van der Waals surface area contributed by atoms with E-state index in [1.54, 1.807) is 0 Å². The summed E-state index contributed by atoms with van der Waals surface area (Å²) in [6.45, 7) is 4.99. The number of hydrogen-bond acceptors (Lipinski definition) is 6. The summed E-state index contributed by atoms with van der Waals surface area (Å²) in [6.07, 6.45) is 19.0. The molecule has 4 atom stereocenters. The molecule has 0 bridgehead atoms. The normalized spacial score (nSPS) is 24.4. The first-order chi connectivity index (χ1) is 21.7. The lowest BCUT2D eigenvalue weighted by Gasteiger charge is -2.18. The number of carboxylic acids is 1. The Morgan fingerprint density at radius 2 is 1.11 bits per heavy atom. The Morgan fingerprint density at radius 1 is 0.689 bits per heavy atom. The zero-order chi connectivity index (χ0) is 32.5. The van der Waals surface area contributed by atoms with Gasteiger partial charge in [-0.05, 0) is 47.9 Å². The minimum absolute atomic E-state index is 0.0143. The van der Waals surface area contributed by atoms with Gasteiger partial charge >= 0.3 is 5.97 Å². The van der Waals surface area contributed by atoms with Crippen molar-refractivity contribution in [3.8, 4) is 0 Å². The topological polar surface area (TPSA) is 128 Å². The fraction of sp³-hybridized carbons (Fsp3) is 0.658. The number of aliphatic hydroxyl groups is 1. The van der Waals surface area contributed by atoms with Gasteiger partial charge in [0.1, 0.15) is 5.54 Å². The molecule has 0 amide bonds. The first-order valence-corrected chi connectivity index (χ1v) is 17.5. The van der Waals surface area contributed by atoms with E-state index in [2.05, 4.69) is 50.2 Å². The molecular weight excluding hydrogens is 564 g/mol. The van der Waals surface area contributed by atoms with Gasteiger partial charge in [0.15, 0.2) is 0 Å². The third kappa shape index (κ3) is 12.4. The smallest absolute Gasteiger partial charge is 0.326 e. The molecule has 0 aliphatic carbocycles. The Bertz CT molecular complexity index is 1110. The Kier molecular flexibility index (Phi) is 16.0. The first kappa shape index (κ1) is 37.2. The number of aryl methyl sites for hydroxylation is 2. The average molecular weight is 625 g/mol. The van der Waals surface area contributed by atoms with E-state index in [1.807, 2.05) is 12.1 Å². The van der Waals surface area contributed by atoms with Crippen LogP contribution in [0.3, 0.4) is 0 Å². The standard InChI is InChI=1S/C19H29NO3.C19H31NO2/c1-2-3-4-5-6-7-8-15-9-11-16(12-10-15)17-13-19(20,14-23-17)18(21)22;1-2-3-4-5-6-7-8-16-9-11-17(12-10-16)18-13-19(20,14-21)15-22-18/h9-12,17H,2-8,13-14,20H2,1H3,(H,21,22);9-12,18,21H,2-8,13-15,20H2,1H3. The number of aliphatic hydroxyl groups excluding tert-OH is 1. The second-order valence-corrected chi connectivity index (χ2v) is 13.5. The van der Waals surface area contributed by atoms with Gasteiger partial charge in [-0.1, -0.05) is 127 Å². The molecule has 6 N–H and O–H groups in total. The van der Waals surface area contributed by atoms with Crippen LogP contribution in [0.5, 0.6) is 0 Å². The van der Waals surface area contributed by atoms with E-state index in [-0.39, 0.29) is 25.4 Å². The number of ether oxygens (including phenoxy) is 2. The van der Waals surface area contributed by atoms with E-state index >= 15 is 0 Å². The lowest BCUT2D eigenvalue weighted by atomic mass is 9.93. The van der Waals surface area contributed by atoms with Crippen LogP contribution in [-0.4, -0.2) is 47.1 Å². The summed E-state index contributed by atoms with van der Waals surface area (Å²) >= 11 is 0. The van der Waals surface area contributed by atoms with Crippen molar-refractivity contribution >= 4 is 5.97 Å². The highest BCUT2D eigenvalue weighted by Gasteiger charge is 2.43. The minimum atomic E-state index is -1.25. The number of benzene rings is 2. The summed E-state index contributed by atoms with van der Waals surface area (Å²) in [4.78, 5) is 11.2. The zero-order valence-corrected chi connectivity index (χ0v) is 28.0. The number of unbranched alkanes of at least 4 members (excludes halogenated alkanes) is 10. The number of hydrogen-bond donors (Lipinski definition) is 4. The van der Waals surface area contributed by atoms with Crippen LogP contribution in [0, 0.1) is 0 Å². The van der Waals surface area contributed by atoms with Gasteiger partial charge in [-0.25, -0.2) is 0 Å². The SMILES string of the molecule is CCCCCCCCc1ccc(C2CC(N)(C(=O)O)CO2)cc1.CCCCCCCCc1ccc(C2CC(N)(CO)CO2)cc1. The molecule has 2 aromatic carbocycles. The van der Waals surface area contributed by atoms with Crippen molar-refractivity contribution in [3.63, 3.8) is 0 Å².